The van der Waals surface area contributed by atoms with Crippen LogP contribution in [0.4, 0.5) is 0 Å². The summed E-state index contributed by atoms with van der Waals surface area (Å²) < 4.78 is 0. The Morgan fingerprint density at radius 2 is 1.85 bits per heavy atom. The number of hydrogen-bond acceptors (Lipinski definition) is 4. The van der Waals surface area contributed by atoms with E-state index >= 15 is 0 Å². The van der Waals surface area contributed by atoms with Crippen molar-refractivity contribution in [1.82, 2.24) is 20.2 Å². The van der Waals surface area contributed by atoms with Gasteiger partial charge in [-0.2, -0.15) is 0 Å². The molecule has 1 unspecified atom stereocenters. The molecule has 1 amide bonds. The van der Waals surface area contributed by atoms with Crippen LogP contribution in [0.25, 0.3) is 0 Å². The van der Waals surface area contributed by atoms with Gasteiger partial charge in [-0.3, -0.25) is 14.8 Å². The summed E-state index contributed by atoms with van der Waals surface area (Å²) >= 11 is 0. The molecule has 1 N–H and O–H groups in total. The number of piperidine rings is 1. The number of likely N-dealkylation sites (tertiary alicyclic amines) is 1. The second-order valence-corrected chi connectivity index (χ2v) is 7.49. The van der Waals surface area contributed by atoms with Crippen LogP contribution < -0.4 is 5.32 Å². The fourth-order valence-electron chi connectivity index (χ4n) is 3.81. The van der Waals surface area contributed by atoms with E-state index < -0.39 is 0 Å². The third kappa shape index (κ3) is 3.93. The topological polar surface area (TPSA) is 58.1 Å². The average molecular weight is 350 g/mol. The first-order chi connectivity index (χ1) is 12.7. The number of nitrogens with one attached hydrogen (secondary N) is 1. The highest BCUT2D eigenvalue weighted by atomic mass is 16.2. The highest BCUT2D eigenvalue weighted by molar-refractivity contribution is 5.94. The maximum Gasteiger partial charge on any atom is 0.253 e. The number of rotatable bonds is 5. The first-order valence-corrected chi connectivity index (χ1v) is 9.59. The van der Waals surface area contributed by atoms with Gasteiger partial charge in [0, 0.05) is 42.8 Å². The maximum atomic E-state index is 12.6. The minimum atomic E-state index is 0.116. The minimum absolute atomic E-state index is 0.116. The molecular weight excluding hydrogens is 324 g/mol. The fraction of sp³-hybridized carbons (Fsp3) is 0.476. The molecule has 2 aliphatic rings. The molecule has 5 heteroatoms. The molecule has 1 aliphatic heterocycles. The van der Waals surface area contributed by atoms with E-state index in [0.29, 0.717) is 18.0 Å². The van der Waals surface area contributed by atoms with Crippen molar-refractivity contribution < 1.29 is 4.79 Å². The number of aromatic nitrogens is 2. The van der Waals surface area contributed by atoms with Crippen LogP contribution in [0.3, 0.4) is 0 Å². The molecule has 1 aliphatic carbocycles. The highest BCUT2D eigenvalue weighted by Crippen LogP contribution is 2.41. The number of pyridine rings is 2. The lowest BCUT2D eigenvalue weighted by Gasteiger charge is -2.34. The van der Waals surface area contributed by atoms with Crippen LogP contribution in [0.1, 0.15) is 53.5 Å². The van der Waals surface area contributed by atoms with Gasteiger partial charge >= 0.3 is 0 Å². The van der Waals surface area contributed by atoms with Crippen LogP contribution in [0.2, 0.25) is 0 Å². The Bertz CT molecular complexity index is 752. The van der Waals surface area contributed by atoms with Gasteiger partial charge in [0.15, 0.2) is 0 Å². The summed E-state index contributed by atoms with van der Waals surface area (Å²) in [5.41, 5.74) is 2.97. The normalized spacial score (nSPS) is 19.3. The predicted molar refractivity (Wildman–Crippen MR) is 101 cm³/mol. The second-order valence-electron chi connectivity index (χ2n) is 7.49. The second kappa shape index (κ2) is 7.54. The molecule has 1 saturated carbocycles. The number of aryl methyl sites for hydroxylation is 1. The van der Waals surface area contributed by atoms with Crippen LogP contribution in [0, 0.1) is 12.8 Å². The van der Waals surface area contributed by atoms with Crippen molar-refractivity contribution in [3.63, 3.8) is 0 Å². The summed E-state index contributed by atoms with van der Waals surface area (Å²) in [5.74, 6) is 0.825. The monoisotopic (exact) mass is 350 g/mol. The molecule has 2 aromatic rings. The molecular formula is C21H26N4O. The van der Waals surface area contributed by atoms with Crippen molar-refractivity contribution in [2.75, 3.05) is 13.1 Å². The van der Waals surface area contributed by atoms with Gasteiger partial charge in [0.1, 0.15) is 0 Å². The van der Waals surface area contributed by atoms with Crippen molar-refractivity contribution in [2.24, 2.45) is 5.92 Å². The van der Waals surface area contributed by atoms with Gasteiger partial charge in [-0.1, -0.05) is 6.07 Å². The number of carbonyl (C=O) groups excluding carboxylic acids is 1. The Hall–Kier alpha value is -2.27. The summed E-state index contributed by atoms with van der Waals surface area (Å²) in [6.45, 7) is 3.66. The molecule has 0 bridgehead atoms. The molecule has 3 heterocycles. The van der Waals surface area contributed by atoms with Crippen LogP contribution >= 0.6 is 0 Å². The van der Waals surface area contributed by atoms with Crippen molar-refractivity contribution in [3.05, 3.63) is 59.7 Å². The quantitative estimate of drug-likeness (QED) is 0.900. The molecule has 0 aromatic carbocycles. The minimum Gasteiger partial charge on any atom is -0.339 e. The van der Waals surface area contributed by atoms with Gasteiger partial charge < -0.3 is 10.2 Å². The maximum absolute atomic E-state index is 12.6. The van der Waals surface area contributed by atoms with Crippen LogP contribution in [-0.2, 0) is 0 Å². The SMILES string of the molecule is Cc1cccc(C(NC2CCN(C(=O)c3ccncc3)CC2)C2CC2)n1. The molecule has 136 valence electrons. The third-order valence-corrected chi connectivity index (χ3v) is 5.45. The molecule has 4 rings (SSSR count). The van der Waals surface area contributed by atoms with E-state index in [1.165, 1.54) is 18.5 Å². The van der Waals surface area contributed by atoms with Crippen LogP contribution in [-0.4, -0.2) is 39.9 Å². The Kier molecular flexibility index (Phi) is 4.98. The van der Waals surface area contributed by atoms with Gasteiger partial charge in [-0.05, 0) is 62.8 Å². The van der Waals surface area contributed by atoms with Gasteiger partial charge in [0.2, 0.25) is 0 Å². The van der Waals surface area contributed by atoms with E-state index in [9.17, 15) is 4.79 Å². The highest BCUT2D eigenvalue weighted by Gasteiger charge is 2.35. The van der Waals surface area contributed by atoms with E-state index in [0.717, 1.165) is 37.2 Å². The lowest BCUT2D eigenvalue weighted by Crippen LogP contribution is -2.46. The smallest absolute Gasteiger partial charge is 0.253 e. The number of hydrogen-bond donors (Lipinski definition) is 1. The van der Waals surface area contributed by atoms with E-state index in [1.54, 1.807) is 24.5 Å². The summed E-state index contributed by atoms with van der Waals surface area (Å²) in [6, 6.07) is 10.7. The Morgan fingerprint density at radius 3 is 2.50 bits per heavy atom. The molecule has 5 nitrogen and oxygen atoms in total. The summed E-state index contributed by atoms with van der Waals surface area (Å²) in [7, 11) is 0. The average Bonchev–Trinajstić information content (AvgIpc) is 3.52. The Morgan fingerprint density at radius 1 is 1.12 bits per heavy atom. The van der Waals surface area contributed by atoms with Crippen molar-refractivity contribution in [3.8, 4) is 0 Å². The fourth-order valence-corrected chi connectivity index (χ4v) is 3.81. The van der Waals surface area contributed by atoms with E-state index in [1.807, 2.05) is 4.90 Å². The van der Waals surface area contributed by atoms with Crippen molar-refractivity contribution in [1.29, 1.82) is 0 Å². The van der Waals surface area contributed by atoms with Gasteiger partial charge in [0.25, 0.3) is 5.91 Å². The van der Waals surface area contributed by atoms with E-state index in [-0.39, 0.29) is 5.91 Å². The zero-order valence-corrected chi connectivity index (χ0v) is 15.3. The molecule has 1 saturated heterocycles. The lowest BCUT2D eigenvalue weighted by atomic mass is 10.00. The number of carbonyl (C=O) groups is 1. The first-order valence-electron chi connectivity index (χ1n) is 9.59. The summed E-state index contributed by atoms with van der Waals surface area (Å²) in [4.78, 5) is 23.3. The zero-order valence-electron chi connectivity index (χ0n) is 15.3. The lowest BCUT2D eigenvalue weighted by molar-refractivity contribution is 0.0700. The zero-order chi connectivity index (χ0) is 17.9. The summed E-state index contributed by atoms with van der Waals surface area (Å²) in [5, 5.41) is 3.85. The third-order valence-electron chi connectivity index (χ3n) is 5.45. The molecule has 26 heavy (non-hydrogen) atoms. The van der Waals surface area contributed by atoms with E-state index in [4.69, 9.17) is 4.98 Å². The molecule has 2 aromatic heterocycles. The van der Waals surface area contributed by atoms with Gasteiger partial charge in [-0.25, -0.2) is 0 Å². The molecule has 1 atom stereocenters. The molecule has 0 radical (unpaired) electrons. The summed E-state index contributed by atoms with van der Waals surface area (Å²) in [6.07, 6.45) is 7.91. The van der Waals surface area contributed by atoms with E-state index in [2.05, 4.69) is 35.4 Å². The predicted octanol–water partition coefficient (Wildman–Crippen LogP) is 3.13. The van der Waals surface area contributed by atoms with Crippen LogP contribution in [0.15, 0.2) is 42.7 Å². The van der Waals surface area contributed by atoms with Gasteiger partial charge in [0.05, 0.1) is 11.7 Å². The Balaban J connectivity index is 1.36. The molecule has 2 fully saturated rings. The number of nitrogens with zero attached hydrogens (tertiary/aromatic N) is 3. The van der Waals surface area contributed by atoms with Gasteiger partial charge in [-0.15, -0.1) is 0 Å². The van der Waals surface area contributed by atoms with Crippen molar-refractivity contribution >= 4 is 5.91 Å². The molecule has 0 spiro atoms. The van der Waals surface area contributed by atoms with Crippen LogP contribution in [0.5, 0.6) is 0 Å². The largest absolute Gasteiger partial charge is 0.339 e. The first kappa shape index (κ1) is 17.2. The number of amides is 1. The Labute approximate surface area is 154 Å². The standard InChI is InChI=1S/C21H26N4O/c1-15-3-2-4-19(23-15)20(16-5-6-16)24-18-9-13-25(14-10-18)21(26)17-7-11-22-12-8-17/h2-4,7-8,11-12,16,18,20,24H,5-6,9-10,13-14H2,1H3. The van der Waals surface area contributed by atoms with Crippen molar-refractivity contribution in [2.45, 2.75) is 44.7 Å².